The summed E-state index contributed by atoms with van der Waals surface area (Å²) in [6.07, 6.45) is -4.68. The topological polar surface area (TPSA) is 59.0 Å². The van der Waals surface area contributed by atoms with Crippen LogP contribution in [0.5, 0.6) is 5.75 Å². The molecule has 0 amide bonds. The van der Waals surface area contributed by atoms with E-state index in [1.54, 1.807) is 18.2 Å². The lowest BCUT2D eigenvalue weighted by Gasteiger charge is -2.33. The molecule has 1 aliphatic heterocycles. The summed E-state index contributed by atoms with van der Waals surface area (Å²) in [5.41, 5.74) is 0.0766. The second kappa shape index (κ2) is 11.0. The fourth-order valence-corrected chi connectivity index (χ4v) is 3.52. The molecule has 2 aromatic carbocycles. The molecular weight excluding hydrogens is 458 g/mol. The van der Waals surface area contributed by atoms with Crippen molar-refractivity contribution in [3.05, 3.63) is 64.2 Å². The molecule has 1 heterocycles. The SMILES string of the molecule is Cl.O=C(O)CCN1CCOC(c2ccc(OCc3ccccc3C(F)(F)F)c(Cl)c2)C1. The second-order valence-corrected chi connectivity index (χ2v) is 7.34. The Morgan fingerprint density at radius 1 is 1.26 bits per heavy atom. The van der Waals surface area contributed by atoms with Gasteiger partial charge in [0.2, 0.25) is 0 Å². The van der Waals surface area contributed by atoms with Crippen molar-refractivity contribution in [3.8, 4) is 5.75 Å². The number of benzene rings is 2. The Morgan fingerprint density at radius 2 is 2.00 bits per heavy atom. The van der Waals surface area contributed by atoms with E-state index in [9.17, 15) is 18.0 Å². The van der Waals surface area contributed by atoms with Crippen LogP contribution in [0.4, 0.5) is 13.2 Å². The van der Waals surface area contributed by atoms with E-state index in [1.807, 2.05) is 4.90 Å². The van der Waals surface area contributed by atoms with Crippen LogP contribution in [-0.4, -0.2) is 42.2 Å². The van der Waals surface area contributed by atoms with Crippen molar-refractivity contribution < 1.29 is 32.5 Å². The number of ether oxygens (including phenoxy) is 2. The molecule has 31 heavy (non-hydrogen) atoms. The predicted octanol–water partition coefficient (Wildman–Crippen LogP) is 5.21. The first-order valence-corrected chi connectivity index (χ1v) is 9.75. The molecule has 0 bridgehead atoms. The lowest BCUT2D eigenvalue weighted by molar-refractivity contribution is -0.139. The van der Waals surface area contributed by atoms with Crippen molar-refractivity contribution in [2.75, 3.05) is 26.2 Å². The van der Waals surface area contributed by atoms with Crippen LogP contribution in [0.1, 0.15) is 29.2 Å². The first-order chi connectivity index (χ1) is 14.2. The molecule has 0 spiro atoms. The van der Waals surface area contributed by atoms with Gasteiger partial charge in [-0.05, 0) is 23.8 Å². The predicted molar refractivity (Wildman–Crippen MR) is 112 cm³/mol. The second-order valence-electron chi connectivity index (χ2n) is 6.94. The summed E-state index contributed by atoms with van der Waals surface area (Å²) in [4.78, 5) is 12.8. The molecule has 1 aliphatic rings. The molecule has 1 atom stereocenters. The largest absolute Gasteiger partial charge is 0.487 e. The van der Waals surface area contributed by atoms with E-state index >= 15 is 0 Å². The van der Waals surface area contributed by atoms with Crippen LogP contribution < -0.4 is 4.74 Å². The van der Waals surface area contributed by atoms with Crippen molar-refractivity contribution in [1.82, 2.24) is 4.90 Å². The molecule has 0 saturated carbocycles. The zero-order valence-electron chi connectivity index (χ0n) is 16.4. The molecule has 5 nitrogen and oxygen atoms in total. The number of hydrogen-bond donors (Lipinski definition) is 1. The number of nitrogens with zero attached hydrogens (tertiary/aromatic N) is 1. The summed E-state index contributed by atoms with van der Waals surface area (Å²) in [5.74, 6) is -0.578. The molecule has 1 N–H and O–H groups in total. The smallest absolute Gasteiger partial charge is 0.416 e. The lowest BCUT2D eigenvalue weighted by atomic mass is 10.1. The number of carbonyl (C=O) groups is 1. The van der Waals surface area contributed by atoms with Crippen LogP contribution in [-0.2, 0) is 22.3 Å². The van der Waals surface area contributed by atoms with E-state index in [2.05, 4.69) is 0 Å². The Labute approximate surface area is 189 Å². The Bertz CT molecular complexity index is 895. The van der Waals surface area contributed by atoms with E-state index in [4.69, 9.17) is 26.2 Å². The van der Waals surface area contributed by atoms with Gasteiger partial charge in [-0.2, -0.15) is 13.2 Å². The molecule has 1 saturated heterocycles. The first kappa shape index (κ1) is 25.3. The molecule has 1 fully saturated rings. The fraction of sp³-hybridized carbons (Fsp3) is 0.381. The summed E-state index contributed by atoms with van der Waals surface area (Å²) in [6, 6.07) is 10.3. The van der Waals surface area contributed by atoms with E-state index < -0.39 is 17.7 Å². The van der Waals surface area contributed by atoms with Crippen molar-refractivity contribution in [3.63, 3.8) is 0 Å². The van der Waals surface area contributed by atoms with Crippen molar-refractivity contribution >= 4 is 30.0 Å². The van der Waals surface area contributed by atoms with E-state index in [0.29, 0.717) is 26.2 Å². The van der Waals surface area contributed by atoms with Crippen LogP contribution in [0.15, 0.2) is 42.5 Å². The first-order valence-electron chi connectivity index (χ1n) is 9.37. The van der Waals surface area contributed by atoms with Gasteiger partial charge in [-0.3, -0.25) is 9.69 Å². The maximum Gasteiger partial charge on any atom is 0.416 e. The van der Waals surface area contributed by atoms with E-state index in [0.717, 1.165) is 11.6 Å². The van der Waals surface area contributed by atoms with Gasteiger partial charge in [0.05, 0.1) is 29.7 Å². The van der Waals surface area contributed by atoms with Gasteiger partial charge in [-0.15, -0.1) is 12.4 Å². The van der Waals surface area contributed by atoms with Gasteiger partial charge in [0.25, 0.3) is 0 Å². The molecule has 3 rings (SSSR count). The third-order valence-corrected chi connectivity index (χ3v) is 5.12. The fourth-order valence-electron chi connectivity index (χ4n) is 3.27. The van der Waals surface area contributed by atoms with Crippen molar-refractivity contribution in [2.24, 2.45) is 0 Å². The van der Waals surface area contributed by atoms with Crippen LogP contribution in [0.25, 0.3) is 0 Å². The molecule has 0 aliphatic carbocycles. The standard InChI is InChI=1S/C21H21ClF3NO4.ClH/c22-17-11-14(19-12-26(9-10-29-19)8-7-20(27)28)5-6-18(17)30-13-15-3-1-2-4-16(15)21(23,24)25;/h1-6,11,19H,7-10,12-13H2,(H,27,28);1H. The lowest BCUT2D eigenvalue weighted by Crippen LogP contribution is -2.39. The number of alkyl halides is 3. The van der Waals surface area contributed by atoms with Gasteiger partial charge >= 0.3 is 12.1 Å². The maximum atomic E-state index is 13.1. The summed E-state index contributed by atoms with van der Waals surface area (Å²) in [6.45, 7) is 1.81. The van der Waals surface area contributed by atoms with Crippen LogP contribution in [0.2, 0.25) is 5.02 Å². The number of morpholine rings is 1. The number of rotatable bonds is 7. The molecule has 1 unspecified atom stereocenters. The summed E-state index contributed by atoms with van der Waals surface area (Å²) in [5, 5.41) is 9.10. The number of hydrogen-bond acceptors (Lipinski definition) is 4. The minimum atomic E-state index is -4.46. The van der Waals surface area contributed by atoms with Crippen LogP contribution in [0.3, 0.4) is 0 Å². The zero-order chi connectivity index (χ0) is 21.7. The van der Waals surface area contributed by atoms with Gasteiger partial charge in [0.1, 0.15) is 12.4 Å². The van der Waals surface area contributed by atoms with Crippen LogP contribution >= 0.6 is 24.0 Å². The Kier molecular flexibility index (Phi) is 9.00. The van der Waals surface area contributed by atoms with Crippen LogP contribution in [0, 0.1) is 0 Å². The summed E-state index contributed by atoms with van der Waals surface area (Å²) >= 11 is 6.29. The van der Waals surface area contributed by atoms with Crippen molar-refractivity contribution in [2.45, 2.75) is 25.3 Å². The highest BCUT2D eigenvalue weighted by Crippen LogP contribution is 2.34. The van der Waals surface area contributed by atoms with Gasteiger partial charge in [-0.25, -0.2) is 0 Å². The monoisotopic (exact) mass is 479 g/mol. The summed E-state index contributed by atoms with van der Waals surface area (Å²) < 4.78 is 50.6. The summed E-state index contributed by atoms with van der Waals surface area (Å²) in [7, 11) is 0. The average molecular weight is 480 g/mol. The molecule has 0 radical (unpaired) electrons. The van der Waals surface area contributed by atoms with Crippen molar-refractivity contribution in [1.29, 1.82) is 0 Å². The molecule has 170 valence electrons. The molecule has 0 aromatic heterocycles. The number of carboxylic acids is 1. The average Bonchev–Trinajstić information content (AvgIpc) is 2.71. The third kappa shape index (κ3) is 7.00. The number of carboxylic acid groups (broad SMARTS) is 1. The highest BCUT2D eigenvalue weighted by Gasteiger charge is 2.33. The Balaban J connectivity index is 0.00000341. The van der Waals surface area contributed by atoms with E-state index in [-0.39, 0.29) is 47.9 Å². The highest BCUT2D eigenvalue weighted by atomic mass is 35.5. The highest BCUT2D eigenvalue weighted by molar-refractivity contribution is 6.32. The molecule has 2 aromatic rings. The van der Waals surface area contributed by atoms with Gasteiger partial charge in [-0.1, -0.05) is 35.9 Å². The minimum Gasteiger partial charge on any atom is -0.487 e. The number of halogens is 5. The maximum absolute atomic E-state index is 13.1. The Hall–Kier alpha value is -2.00. The normalized spacial score (nSPS) is 17.1. The third-order valence-electron chi connectivity index (χ3n) is 4.83. The van der Waals surface area contributed by atoms with Gasteiger partial charge < -0.3 is 14.6 Å². The molecular formula is C21H22Cl2F3NO4. The molecule has 10 heteroatoms. The Morgan fingerprint density at radius 3 is 2.68 bits per heavy atom. The number of aliphatic carboxylic acids is 1. The quantitative estimate of drug-likeness (QED) is 0.590. The minimum absolute atomic E-state index is 0. The van der Waals surface area contributed by atoms with Gasteiger partial charge in [0, 0.05) is 25.2 Å². The zero-order valence-corrected chi connectivity index (χ0v) is 18.0. The van der Waals surface area contributed by atoms with Gasteiger partial charge in [0.15, 0.2) is 0 Å². The van der Waals surface area contributed by atoms with E-state index in [1.165, 1.54) is 18.2 Å².